The van der Waals surface area contributed by atoms with E-state index in [0.29, 0.717) is 4.47 Å². The zero-order valence-corrected chi connectivity index (χ0v) is 11.9. The van der Waals surface area contributed by atoms with Crippen molar-refractivity contribution in [1.82, 2.24) is 5.32 Å². The molecule has 1 aromatic carbocycles. The predicted octanol–water partition coefficient (Wildman–Crippen LogP) is 1.73. The summed E-state index contributed by atoms with van der Waals surface area (Å²) in [5, 5.41) is 7.95. The van der Waals surface area contributed by atoms with E-state index >= 15 is 0 Å². The van der Waals surface area contributed by atoms with E-state index in [1.807, 2.05) is 13.8 Å². The fourth-order valence-electron chi connectivity index (χ4n) is 1.27. The van der Waals surface area contributed by atoms with Crippen molar-refractivity contribution in [3.63, 3.8) is 0 Å². The Morgan fingerprint density at radius 3 is 2.53 bits per heavy atom. The number of benzene rings is 1. The number of rotatable bonds is 4. The van der Waals surface area contributed by atoms with Crippen LogP contribution in [0.25, 0.3) is 0 Å². The topological polar surface area (TPSA) is 72.2 Å². The molecule has 0 atom stereocenters. The summed E-state index contributed by atoms with van der Waals surface area (Å²) in [6.45, 7) is 4.07. The Morgan fingerprint density at radius 2 is 2.06 bits per heavy atom. The van der Waals surface area contributed by atoms with E-state index in [2.05, 4.69) is 21.2 Å². The Hall–Kier alpha value is -0.500. The van der Waals surface area contributed by atoms with Crippen molar-refractivity contribution in [2.75, 3.05) is 0 Å². The largest absolute Gasteiger partial charge is 0.310 e. The zero-order valence-electron chi connectivity index (χ0n) is 9.50. The highest BCUT2D eigenvalue weighted by Crippen LogP contribution is 2.23. The molecule has 0 spiro atoms. The van der Waals surface area contributed by atoms with Crippen LogP contribution in [0.2, 0.25) is 0 Å². The van der Waals surface area contributed by atoms with Crippen LogP contribution in [0.15, 0.2) is 21.5 Å². The normalized spacial score (nSPS) is 12.1. The van der Waals surface area contributed by atoms with Gasteiger partial charge in [0.2, 0.25) is 10.0 Å². The van der Waals surface area contributed by atoms with Crippen LogP contribution in [0.3, 0.4) is 0 Å². The highest BCUT2D eigenvalue weighted by atomic mass is 79.9. The number of hydrogen-bond donors (Lipinski definition) is 2. The lowest BCUT2D eigenvalue weighted by Gasteiger charge is -2.11. The molecule has 0 amide bonds. The molecule has 3 N–H and O–H groups in total. The van der Waals surface area contributed by atoms with Crippen molar-refractivity contribution in [3.05, 3.63) is 28.0 Å². The summed E-state index contributed by atoms with van der Waals surface area (Å²) in [5.74, 6) is -0.802. The van der Waals surface area contributed by atoms with E-state index in [0.717, 1.165) is 6.07 Å². The lowest BCUT2D eigenvalue weighted by atomic mass is 10.2. The summed E-state index contributed by atoms with van der Waals surface area (Å²) in [5.41, 5.74) is 0.261. The number of hydrogen-bond acceptors (Lipinski definition) is 3. The maximum atomic E-state index is 13.9. The lowest BCUT2D eigenvalue weighted by Crippen LogP contribution is -2.23. The molecule has 0 saturated heterocycles. The Kier molecular flexibility index (Phi) is 4.65. The molecule has 0 radical (unpaired) electrons. The van der Waals surface area contributed by atoms with E-state index in [4.69, 9.17) is 5.14 Å². The molecule has 0 fully saturated rings. The minimum Gasteiger partial charge on any atom is -0.310 e. The van der Waals surface area contributed by atoms with Gasteiger partial charge in [0, 0.05) is 22.6 Å². The minimum absolute atomic E-state index is 0.173. The van der Waals surface area contributed by atoms with Crippen molar-refractivity contribution >= 4 is 26.0 Å². The summed E-state index contributed by atoms with van der Waals surface area (Å²) in [6, 6.07) is 2.86. The van der Waals surface area contributed by atoms with Gasteiger partial charge in [-0.3, -0.25) is 0 Å². The Balaban J connectivity index is 3.20. The van der Waals surface area contributed by atoms with Gasteiger partial charge >= 0.3 is 0 Å². The molecule has 0 heterocycles. The van der Waals surface area contributed by atoms with Crippen LogP contribution < -0.4 is 10.5 Å². The number of sulfonamides is 1. The molecule has 7 heteroatoms. The second-order valence-electron chi connectivity index (χ2n) is 3.96. The summed E-state index contributed by atoms with van der Waals surface area (Å²) in [4.78, 5) is -0.493. The van der Waals surface area contributed by atoms with Gasteiger partial charge in [-0.2, -0.15) is 0 Å². The summed E-state index contributed by atoms with van der Waals surface area (Å²) in [6.07, 6.45) is 0. The molecule has 96 valence electrons. The molecule has 0 aliphatic heterocycles. The second kappa shape index (κ2) is 5.43. The molecule has 1 aromatic rings. The third-order valence-corrected chi connectivity index (χ3v) is 3.45. The molecular weight excluding hydrogens is 311 g/mol. The standard InChI is InChI=1S/C10H14BrFN2O2S/c1-6(2)14-5-7-3-8(11)4-9(10(7)12)17(13,15)16/h3-4,6,14H,5H2,1-2H3,(H2,13,15,16). The van der Waals surface area contributed by atoms with Crippen molar-refractivity contribution < 1.29 is 12.8 Å². The molecule has 0 aromatic heterocycles. The molecule has 0 saturated carbocycles. The zero-order chi connectivity index (χ0) is 13.2. The third kappa shape index (κ3) is 4.02. The first-order chi connectivity index (χ1) is 7.71. The first-order valence-corrected chi connectivity index (χ1v) is 7.30. The maximum Gasteiger partial charge on any atom is 0.241 e. The van der Waals surface area contributed by atoms with Gasteiger partial charge in [0.1, 0.15) is 10.7 Å². The summed E-state index contributed by atoms with van der Waals surface area (Å²) >= 11 is 3.13. The van der Waals surface area contributed by atoms with Crippen LogP contribution in [0, 0.1) is 5.82 Å². The highest BCUT2D eigenvalue weighted by molar-refractivity contribution is 9.10. The summed E-state index contributed by atoms with van der Waals surface area (Å²) < 4.78 is 36.7. The lowest BCUT2D eigenvalue weighted by molar-refractivity contribution is 0.532. The quantitative estimate of drug-likeness (QED) is 0.886. The van der Waals surface area contributed by atoms with E-state index in [9.17, 15) is 12.8 Å². The van der Waals surface area contributed by atoms with Gasteiger partial charge in [0.05, 0.1) is 0 Å². The van der Waals surface area contributed by atoms with E-state index in [1.165, 1.54) is 6.07 Å². The van der Waals surface area contributed by atoms with Gasteiger partial charge in [-0.05, 0) is 12.1 Å². The molecule has 0 aliphatic carbocycles. The van der Waals surface area contributed by atoms with Crippen LogP contribution >= 0.6 is 15.9 Å². The maximum absolute atomic E-state index is 13.9. The Morgan fingerprint density at radius 1 is 1.47 bits per heavy atom. The van der Waals surface area contributed by atoms with Crippen LogP contribution in [-0.4, -0.2) is 14.5 Å². The van der Waals surface area contributed by atoms with Crippen LogP contribution in [0.4, 0.5) is 4.39 Å². The van der Waals surface area contributed by atoms with Gasteiger partial charge in [-0.15, -0.1) is 0 Å². The molecule has 4 nitrogen and oxygen atoms in total. The van der Waals surface area contributed by atoms with Crippen LogP contribution in [-0.2, 0) is 16.6 Å². The second-order valence-corrected chi connectivity index (χ2v) is 6.40. The van der Waals surface area contributed by atoms with Gasteiger partial charge in [0.15, 0.2) is 0 Å². The predicted molar refractivity (Wildman–Crippen MR) is 67.4 cm³/mol. The average molecular weight is 325 g/mol. The molecule has 0 bridgehead atoms. The van der Waals surface area contributed by atoms with Gasteiger partial charge in [-0.1, -0.05) is 29.8 Å². The van der Waals surface area contributed by atoms with Crippen molar-refractivity contribution in [2.24, 2.45) is 5.14 Å². The van der Waals surface area contributed by atoms with E-state index in [1.54, 1.807) is 0 Å². The van der Waals surface area contributed by atoms with Crippen molar-refractivity contribution in [2.45, 2.75) is 31.3 Å². The molecule has 0 unspecified atom stereocenters. The van der Waals surface area contributed by atoms with Crippen molar-refractivity contribution in [3.8, 4) is 0 Å². The number of nitrogens with one attached hydrogen (secondary N) is 1. The smallest absolute Gasteiger partial charge is 0.241 e. The Labute approximate surface area is 109 Å². The molecule has 1 rings (SSSR count). The van der Waals surface area contributed by atoms with Crippen LogP contribution in [0.5, 0.6) is 0 Å². The fraction of sp³-hybridized carbons (Fsp3) is 0.400. The van der Waals surface area contributed by atoms with Gasteiger partial charge < -0.3 is 5.32 Å². The third-order valence-electron chi connectivity index (χ3n) is 2.09. The number of halogens is 2. The van der Waals surface area contributed by atoms with E-state index < -0.39 is 20.7 Å². The molecular formula is C10H14BrFN2O2S. The average Bonchev–Trinajstić information content (AvgIpc) is 2.17. The SMILES string of the molecule is CC(C)NCc1cc(Br)cc(S(N)(=O)=O)c1F. The molecule has 17 heavy (non-hydrogen) atoms. The molecule has 0 aliphatic rings. The highest BCUT2D eigenvalue weighted by Gasteiger charge is 2.18. The summed E-state index contributed by atoms with van der Waals surface area (Å²) in [7, 11) is -4.05. The Bertz CT molecular complexity index is 517. The first-order valence-electron chi connectivity index (χ1n) is 4.96. The number of primary sulfonamides is 1. The number of nitrogens with two attached hydrogens (primary N) is 1. The van der Waals surface area contributed by atoms with E-state index in [-0.39, 0.29) is 18.2 Å². The minimum atomic E-state index is -4.05. The fourth-order valence-corrected chi connectivity index (χ4v) is 2.60. The van der Waals surface area contributed by atoms with Gasteiger partial charge in [0.25, 0.3) is 0 Å². The van der Waals surface area contributed by atoms with Crippen molar-refractivity contribution in [1.29, 1.82) is 0 Å². The first kappa shape index (κ1) is 14.6. The monoisotopic (exact) mass is 324 g/mol. The van der Waals surface area contributed by atoms with Gasteiger partial charge in [-0.25, -0.2) is 17.9 Å². The van der Waals surface area contributed by atoms with Crippen LogP contribution in [0.1, 0.15) is 19.4 Å².